The van der Waals surface area contributed by atoms with Gasteiger partial charge >= 0.3 is 5.97 Å². The van der Waals surface area contributed by atoms with Crippen molar-refractivity contribution in [3.8, 4) is 0 Å². The number of nitrogens with one attached hydrogen (secondary N) is 2. The molecule has 23 heavy (non-hydrogen) atoms. The van der Waals surface area contributed by atoms with Crippen LogP contribution >= 0.6 is 0 Å². The summed E-state index contributed by atoms with van der Waals surface area (Å²) in [5.41, 5.74) is 0.986. The van der Waals surface area contributed by atoms with Gasteiger partial charge in [-0.15, -0.1) is 0 Å². The molecule has 1 aliphatic rings. The molecule has 2 unspecified atom stereocenters. The van der Waals surface area contributed by atoms with E-state index in [0.29, 0.717) is 30.8 Å². The molecule has 1 aliphatic carbocycles. The van der Waals surface area contributed by atoms with E-state index in [1.54, 1.807) is 31.4 Å². The largest absolute Gasteiger partial charge is 0.465 e. The second-order valence-corrected chi connectivity index (χ2v) is 5.29. The number of carbonyl (C=O) groups is 3. The predicted molar refractivity (Wildman–Crippen MR) is 82.9 cm³/mol. The van der Waals surface area contributed by atoms with Crippen molar-refractivity contribution in [2.45, 2.75) is 6.42 Å². The van der Waals surface area contributed by atoms with Crippen LogP contribution in [0.2, 0.25) is 0 Å². The number of hydrogen-bond acceptors (Lipinski definition) is 5. The average Bonchev–Trinajstić information content (AvgIpc) is 3.36. The summed E-state index contributed by atoms with van der Waals surface area (Å²) in [6.07, 6.45) is 0.547. The first-order chi connectivity index (χ1) is 11.1. The number of ether oxygens (including phenoxy) is 2. The van der Waals surface area contributed by atoms with Crippen molar-refractivity contribution >= 4 is 23.5 Å². The van der Waals surface area contributed by atoms with Gasteiger partial charge in [0.15, 0.2) is 0 Å². The highest BCUT2D eigenvalue weighted by atomic mass is 16.5. The second kappa shape index (κ2) is 7.73. The molecule has 124 valence electrons. The monoisotopic (exact) mass is 320 g/mol. The number of carbonyl (C=O) groups excluding carboxylic acids is 3. The Morgan fingerprint density at radius 3 is 2.35 bits per heavy atom. The fourth-order valence-corrected chi connectivity index (χ4v) is 2.22. The van der Waals surface area contributed by atoms with Gasteiger partial charge in [0.05, 0.1) is 31.1 Å². The highest BCUT2D eigenvalue weighted by Gasteiger charge is 2.47. The van der Waals surface area contributed by atoms with Gasteiger partial charge in [-0.3, -0.25) is 9.59 Å². The third-order valence-corrected chi connectivity index (χ3v) is 3.64. The van der Waals surface area contributed by atoms with Crippen LogP contribution in [0.4, 0.5) is 5.69 Å². The minimum Gasteiger partial charge on any atom is -0.465 e. The van der Waals surface area contributed by atoms with Crippen LogP contribution in [0.15, 0.2) is 24.3 Å². The van der Waals surface area contributed by atoms with E-state index in [2.05, 4.69) is 15.4 Å². The van der Waals surface area contributed by atoms with Crippen LogP contribution in [0.1, 0.15) is 16.8 Å². The third kappa shape index (κ3) is 4.53. The molecular formula is C16H20N2O5. The summed E-state index contributed by atoms with van der Waals surface area (Å²) < 4.78 is 9.46. The highest BCUT2D eigenvalue weighted by Crippen LogP contribution is 2.39. The first-order valence-electron chi connectivity index (χ1n) is 7.32. The Hall–Kier alpha value is -2.41. The topological polar surface area (TPSA) is 93.7 Å². The zero-order chi connectivity index (χ0) is 16.8. The summed E-state index contributed by atoms with van der Waals surface area (Å²) in [6.45, 7) is 0.886. The van der Waals surface area contributed by atoms with Gasteiger partial charge < -0.3 is 20.1 Å². The highest BCUT2D eigenvalue weighted by molar-refractivity contribution is 5.99. The van der Waals surface area contributed by atoms with Gasteiger partial charge in [-0.25, -0.2) is 4.79 Å². The lowest BCUT2D eigenvalue weighted by atomic mass is 10.2. The molecule has 0 saturated heterocycles. The molecule has 7 nitrogen and oxygen atoms in total. The molecule has 2 rings (SSSR count). The van der Waals surface area contributed by atoms with Gasteiger partial charge in [-0.05, 0) is 30.7 Å². The standard InChI is InChI=1S/C16H20N2O5/c1-22-8-7-17-14(19)12-9-13(12)15(20)18-11-5-3-10(4-6-11)16(21)23-2/h3-6,12-13H,7-9H2,1-2H3,(H,17,19)(H,18,20). The third-order valence-electron chi connectivity index (χ3n) is 3.64. The van der Waals surface area contributed by atoms with E-state index in [9.17, 15) is 14.4 Å². The van der Waals surface area contributed by atoms with Crippen LogP contribution in [0.3, 0.4) is 0 Å². The van der Waals surface area contributed by atoms with Crippen molar-refractivity contribution < 1.29 is 23.9 Å². The van der Waals surface area contributed by atoms with Gasteiger partial charge in [-0.2, -0.15) is 0 Å². The number of anilines is 1. The van der Waals surface area contributed by atoms with Crippen LogP contribution in [-0.4, -0.2) is 45.2 Å². The van der Waals surface area contributed by atoms with Crippen LogP contribution in [0.25, 0.3) is 0 Å². The second-order valence-electron chi connectivity index (χ2n) is 5.29. The van der Waals surface area contributed by atoms with E-state index in [1.165, 1.54) is 7.11 Å². The van der Waals surface area contributed by atoms with E-state index in [1.807, 2.05) is 0 Å². The van der Waals surface area contributed by atoms with E-state index in [0.717, 1.165) is 0 Å². The van der Waals surface area contributed by atoms with Crippen LogP contribution < -0.4 is 10.6 Å². The molecule has 0 aromatic heterocycles. The summed E-state index contributed by atoms with van der Waals surface area (Å²) in [7, 11) is 2.87. The average molecular weight is 320 g/mol. The lowest BCUT2D eigenvalue weighted by Crippen LogP contribution is -2.30. The Kier molecular flexibility index (Phi) is 5.70. The molecule has 1 saturated carbocycles. The van der Waals surface area contributed by atoms with Crippen molar-refractivity contribution in [3.05, 3.63) is 29.8 Å². The van der Waals surface area contributed by atoms with Crippen molar-refractivity contribution in [1.82, 2.24) is 5.32 Å². The number of rotatable bonds is 7. The summed E-state index contributed by atoms with van der Waals surface area (Å²) >= 11 is 0. The summed E-state index contributed by atoms with van der Waals surface area (Å²) in [4.78, 5) is 35.2. The van der Waals surface area contributed by atoms with Crippen molar-refractivity contribution in [3.63, 3.8) is 0 Å². The quantitative estimate of drug-likeness (QED) is 0.573. The van der Waals surface area contributed by atoms with E-state index in [4.69, 9.17) is 4.74 Å². The van der Waals surface area contributed by atoms with Gasteiger partial charge in [0.2, 0.25) is 11.8 Å². The molecule has 0 heterocycles. The fourth-order valence-electron chi connectivity index (χ4n) is 2.22. The van der Waals surface area contributed by atoms with Crippen molar-refractivity contribution in [2.24, 2.45) is 11.8 Å². The lowest BCUT2D eigenvalue weighted by molar-refractivity contribution is -0.125. The zero-order valence-corrected chi connectivity index (χ0v) is 13.1. The molecule has 1 fully saturated rings. The Morgan fingerprint density at radius 1 is 1.09 bits per heavy atom. The molecule has 2 amide bonds. The molecule has 0 aliphatic heterocycles. The number of amides is 2. The zero-order valence-electron chi connectivity index (χ0n) is 13.1. The lowest BCUT2D eigenvalue weighted by Gasteiger charge is -2.06. The van der Waals surface area contributed by atoms with Crippen LogP contribution in [0.5, 0.6) is 0 Å². The first-order valence-corrected chi connectivity index (χ1v) is 7.32. The summed E-state index contributed by atoms with van der Waals surface area (Å²) in [6, 6.07) is 6.40. The maximum Gasteiger partial charge on any atom is 0.337 e. The van der Waals surface area contributed by atoms with Gasteiger partial charge in [0.25, 0.3) is 0 Å². The molecular weight excluding hydrogens is 300 g/mol. The SMILES string of the molecule is COCCNC(=O)C1CC1C(=O)Nc1ccc(C(=O)OC)cc1. The molecule has 7 heteroatoms. The van der Waals surface area contributed by atoms with E-state index < -0.39 is 5.97 Å². The molecule has 0 bridgehead atoms. The van der Waals surface area contributed by atoms with Crippen LogP contribution in [-0.2, 0) is 19.1 Å². The minimum absolute atomic E-state index is 0.122. The molecule has 0 spiro atoms. The minimum atomic E-state index is -0.433. The number of esters is 1. The number of methoxy groups -OCH3 is 2. The molecule has 2 atom stereocenters. The van der Waals surface area contributed by atoms with Crippen LogP contribution in [0, 0.1) is 11.8 Å². The fraction of sp³-hybridized carbons (Fsp3) is 0.438. The maximum absolute atomic E-state index is 12.1. The smallest absolute Gasteiger partial charge is 0.337 e. The number of benzene rings is 1. The normalized spacial score (nSPS) is 18.9. The molecule has 0 radical (unpaired) electrons. The Balaban J connectivity index is 1.82. The maximum atomic E-state index is 12.1. The first kappa shape index (κ1) is 17.0. The summed E-state index contributed by atoms with van der Waals surface area (Å²) in [5, 5.41) is 5.47. The molecule has 1 aromatic rings. The number of hydrogen-bond donors (Lipinski definition) is 2. The Labute approximate surface area is 134 Å². The molecule has 1 aromatic carbocycles. The predicted octanol–water partition coefficient (Wildman–Crippen LogP) is 0.810. The van der Waals surface area contributed by atoms with E-state index in [-0.39, 0.29) is 23.7 Å². The van der Waals surface area contributed by atoms with Gasteiger partial charge in [-0.1, -0.05) is 0 Å². The van der Waals surface area contributed by atoms with Crippen molar-refractivity contribution in [2.75, 3.05) is 32.7 Å². The van der Waals surface area contributed by atoms with Gasteiger partial charge in [0.1, 0.15) is 0 Å². The van der Waals surface area contributed by atoms with Gasteiger partial charge in [0, 0.05) is 19.3 Å². The molecule has 2 N–H and O–H groups in total. The summed E-state index contributed by atoms with van der Waals surface area (Å²) in [5.74, 6) is -1.33. The Morgan fingerprint density at radius 2 is 1.74 bits per heavy atom. The van der Waals surface area contributed by atoms with E-state index >= 15 is 0 Å². The van der Waals surface area contributed by atoms with Crippen molar-refractivity contribution in [1.29, 1.82) is 0 Å². The Bertz CT molecular complexity index is 585.